The van der Waals surface area contributed by atoms with Crippen molar-refractivity contribution in [2.24, 2.45) is 0 Å². The SMILES string of the molecule is Cc1nc(C(=O)O)c(N(Cc2cc(Cl)cc(Cl)c2)[SH](=O)=O)s1. The fourth-order valence-electron chi connectivity index (χ4n) is 1.81. The van der Waals surface area contributed by atoms with E-state index >= 15 is 0 Å². The minimum Gasteiger partial charge on any atom is -0.476 e. The van der Waals surface area contributed by atoms with Crippen LogP contribution in [0.5, 0.6) is 0 Å². The van der Waals surface area contributed by atoms with Crippen LogP contribution >= 0.6 is 34.5 Å². The van der Waals surface area contributed by atoms with Crippen molar-refractivity contribution in [1.82, 2.24) is 4.98 Å². The molecule has 0 aliphatic heterocycles. The van der Waals surface area contributed by atoms with Gasteiger partial charge in [-0.2, -0.15) is 0 Å². The summed E-state index contributed by atoms with van der Waals surface area (Å²) in [4.78, 5) is 15.0. The Bertz CT molecular complexity index is 776. The molecule has 2 aromatic rings. The predicted octanol–water partition coefficient (Wildman–Crippen LogP) is 2.99. The number of nitrogens with zero attached hydrogens (tertiary/aromatic N) is 2. The van der Waals surface area contributed by atoms with Gasteiger partial charge in [0, 0.05) is 10.0 Å². The Morgan fingerprint density at radius 1 is 1.32 bits per heavy atom. The summed E-state index contributed by atoms with van der Waals surface area (Å²) in [6.45, 7) is 1.52. The molecule has 2 rings (SSSR count). The molecule has 6 nitrogen and oxygen atoms in total. The molecule has 1 aromatic heterocycles. The second kappa shape index (κ2) is 6.82. The molecular formula is C12H10Cl2N2O4S2. The topological polar surface area (TPSA) is 87.6 Å². The number of halogens is 2. The van der Waals surface area contributed by atoms with Gasteiger partial charge in [0.05, 0.1) is 11.6 Å². The van der Waals surface area contributed by atoms with Gasteiger partial charge in [-0.15, -0.1) is 0 Å². The van der Waals surface area contributed by atoms with Crippen LogP contribution in [-0.2, 0) is 17.4 Å². The van der Waals surface area contributed by atoms with Gasteiger partial charge in [-0.05, 0) is 30.7 Å². The molecule has 1 aromatic carbocycles. The number of rotatable bonds is 5. The summed E-state index contributed by atoms with van der Waals surface area (Å²) in [5.41, 5.74) is 0.244. The number of carboxylic acid groups (broad SMARTS) is 1. The summed E-state index contributed by atoms with van der Waals surface area (Å²) in [6, 6.07) is 4.65. The highest BCUT2D eigenvalue weighted by molar-refractivity contribution is 7.74. The maximum atomic E-state index is 11.5. The van der Waals surface area contributed by atoms with Crippen LogP contribution in [0.2, 0.25) is 10.0 Å². The van der Waals surface area contributed by atoms with E-state index < -0.39 is 16.9 Å². The van der Waals surface area contributed by atoms with Crippen LogP contribution in [0.1, 0.15) is 21.1 Å². The Hall–Kier alpha value is -1.35. The summed E-state index contributed by atoms with van der Waals surface area (Å²) in [5, 5.41) is 10.4. The van der Waals surface area contributed by atoms with E-state index in [0.717, 1.165) is 15.6 Å². The third-order valence-corrected chi connectivity index (χ3v) is 4.91. The Kier molecular flexibility index (Phi) is 5.28. The summed E-state index contributed by atoms with van der Waals surface area (Å²) >= 11 is 12.8. The van der Waals surface area contributed by atoms with Gasteiger partial charge < -0.3 is 5.11 Å². The first kappa shape index (κ1) is 17.0. The number of benzene rings is 1. The summed E-state index contributed by atoms with van der Waals surface area (Å²) < 4.78 is 24.0. The van der Waals surface area contributed by atoms with E-state index in [2.05, 4.69) is 4.98 Å². The highest BCUT2D eigenvalue weighted by Gasteiger charge is 2.23. The largest absolute Gasteiger partial charge is 0.476 e. The second-order valence-corrected chi connectivity index (χ2v) is 7.28. The van der Waals surface area contributed by atoms with Crippen LogP contribution in [0.25, 0.3) is 0 Å². The molecule has 0 fully saturated rings. The molecule has 0 spiro atoms. The van der Waals surface area contributed by atoms with Crippen molar-refractivity contribution in [1.29, 1.82) is 0 Å². The Labute approximate surface area is 142 Å². The van der Waals surface area contributed by atoms with Gasteiger partial charge in [0.2, 0.25) is 10.9 Å². The van der Waals surface area contributed by atoms with Crippen LogP contribution in [-0.4, -0.2) is 24.5 Å². The van der Waals surface area contributed by atoms with E-state index in [-0.39, 0.29) is 17.2 Å². The summed E-state index contributed by atoms with van der Waals surface area (Å²) in [7, 11) is -3.06. The zero-order valence-corrected chi connectivity index (χ0v) is 14.3. The van der Waals surface area contributed by atoms with Crippen molar-refractivity contribution in [3.05, 3.63) is 44.5 Å². The normalized spacial score (nSPS) is 10.9. The van der Waals surface area contributed by atoms with Gasteiger partial charge in [0.25, 0.3) is 0 Å². The predicted molar refractivity (Wildman–Crippen MR) is 86.8 cm³/mol. The smallest absolute Gasteiger partial charge is 0.357 e. The molecule has 0 saturated carbocycles. The number of hydrogen-bond acceptors (Lipinski definition) is 5. The third-order valence-electron chi connectivity index (χ3n) is 2.61. The zero-order chi connectivity index (χ0) is 16.4. The molecule has 118 valence electrons. The summed E-state index contributed by atoms with van der Waals surface area (Å²) in [6.07, 6.45) is 0. The molecule has 0 saturated heterocycles. The number of hydrogen-bond donors (Lipinski definition) is 2. The highest BCUT2D eigenvalue weighted by Crippen LogP contribution is 2.31. The molecule has 0 bridgehead atoms. The average Bonchev–Trinajstić information content (AvgIpc) is 2.76. The van der Waals surface area contributed by atoms with Gasteiger partial charge >= 0.3 is 5.97 Å². The number of aryl methyl sites for hydroxylation is 1. The van der Waals surface area contributed by atoms with Gasteiger partial charge in [0.1, 0.15) is 5.00 Å². The van der Waals surface area contributed by atoms with E-state index in [9.17, 15) is 13.2 Å². The van der Waals surface area contributed by atoms with Gasteiger partial charge in [0.15, 0.2) is 5.69 Å². The monoisotopic (exact) mass is 380 g/mol. The van der Waals surface area contributed by atoms with Crippen molar-refractivity contribution in [3.63, 3.8) is 0 Å². The van der Waals surface area contributed by atoms with Crippen LogP contribution < -0.4 is 4.31 Å². The maximum absolute atomic E-state index is 11.5. The van der Waals surface area contributed by atoms with Crippen LogP contribution in [0.4, 0.5) is 5.00 Å². The fraction of sp³-hybridized carbons (Fsp3) is 0.167. The number of carboxylic acids is 1. The van der Waals surface area contributed by atoms with E-state index in [4.69, 9.17) is 28.3 Å². The molecule has 22 heavy (non-hydrogen) atoms. The second-order valence-electron chi connectivity index (χ2n) is 4.26. The number of aromatic nitrogens is 1. The quantitative estimate of drug-likeness (QED) is 0.778. The average molecular weight is 381 g/mol. The number of anilines is 1. The molecule has 0 atom stereocenters. The molecule has 10 heteroatoms. The van der Waals surface area contributed by atoms with Gasteiger partial charge in [-0.3, -0.25) is 4.31 Å². The number of thiol groups is 1. The number of carbonyl (C=O) groups is 1. The molecule has 0 amide bonds. The minimum absolute atomic E-state index is 0.0530. The molecule has 0 radical (unpaired) electrons. The fourth-order valence-corrected chi connectivity index (χ4v) is 4.04. The number of thiazole rings is 1. The van der Waals surface area contributed by atoms with Crippen LogP contribution in [0.3, 0.4) is 0 Å². The lowest BCUT2D eigenvalue weighted by molar-refractivity contribution is 0.0692. The molecule has 1 heterocycles. The molecule has 0 aliphatic rings. The van der Waals surface area contributed by atoms with E-state index in [1.54, 1.807) is 19.1 Å². The molecule has 0 aliphatic carbocycles. The van der Waals surface area contributed by atoms with E-state index in [1.165, 1.54) is 6.07 Å². The van der Waals surface area contributed by atoms with Gasteiger partial charge in [-0.1, -0.05) is 34.5 Å². The standard InChI is InChI=1S/C12H10Cl2N2O4S2/c1-6-15-10(12(17)18)11(21-6)16(22(19)20)5-7-2-8(13)4-9(14)3-7/h2-4,22H,5H2,1H3,(H,17,18). The van der Waals surface area contributed by atoms with Crippen LogP contribution in [0.15, 0.2) is 18.2 Å². The zero-order valence-electron chi connectivity index (χ0n) is 11.1. The van der Waals surface area contributed by atoms with E-state index in [0.29, 0.717) is 20.6 Å². The molecular weight excluding hydrogens is 371 g/mol. The Morgan fingerprint density at radius 2 is 1.91 bits per heavy atom. The lowest BCUT2D eigenvalue weighted by Crippen LogP contribution is -2.21. The Morgan fingerprint density at radius 3 is 2.41 bits per heavy atom. The first-order valence-electron chi connectivity index (χ1n) is 5.85. The first-order valence-corrected chi connectivity index (χ1v) is 8.55. The summed E-state index contributed by atoms with van der Waals surface area (Å²) in [5.74, 6) is -1.29. The Balaban J connectivity index is 2.45. The van der Waals surface area contributed by atoms with E-state index in [1.807, 2.05) is 0 Å². The third kappa shape index (κ3) is 3.89. The van der Waals surface area contributed by atoms with Crippen molar-refractivity contribution in [2.45, 2.75) is 13.5 Å². The molecule has 1 N–H and O–H groups in total. The van der Waals surface area contributed by atoms with Crippen molar-refractivity contribution in [2.75, 3.05) is 4.31 Å². The first-order chi connectivity index (χ1) is 10.3. The highest BCUT2D eigenvalue weighted by atomic mass is 35.5. The maximum Gasteiger partial charge on any atom is 0.357 e. The minimum atomic E-state index is -3.06. The van der Waals surface area contributed by atoms with Crippen molar-refractivity contribution < 1.29 is 18.3 Å². The van der Waals surface area contributed by atoms with Crippen molar-refractivity contribution in [3.8, 4) is 0 Å². The van der Waals surface area contributed by atoms with Crippen LogP contribution in [0, 0.1) is 6.92 Å². The lowest BCUT2D eigenvalue weighted by atomic mass is 10.2. The molecule has 0 unspecified atom stereocenters. The van der Waals surface area contributed by atoms with Gasteiger partial charge in [-0.25, -0.2) is 18.2 Å². The lowest BCUT2D eigenvalue weighted by Gasteiger charge is -2.16. The number of aromatic carboxylic acids is 1. The van der Waals surface area contributed by atoms with Crippen molar-refractivity contribution >= 4 is 56.4 Å².